The Morgan fingerprint density at radius 3 is 2.39 bits per heavy atom. The van der Waals surface area contributed by atoms with Gasteiger partial charge in [0.1, 0.15) is 17.6 Å². The molecule has 28 heavy (non-hydrogen) atoms. The van der Waals surface area contributed by atoms with Crippen molar-refractivity contribution in [2.75, 3.05) is 26.2 Å². The molecule has 1 atom stereocenters. The standard InChI is InChI=1S/C22H26N2O4/c1-4-23(5-2)12-13-24-19(17-7-6-14-28-17)18(21(26)22(24)27)20(25)16-10-8-15(3)9-11-16/h6-11,14,19,25H,4-5,12-13H2,1-3H3/p+1/t19-/m1/s1. The smallest absolute Gasteiger partial charge is 0.295 e. The van der Waals surface area contributed by atoms with Gasteiger partial charge in [-0.2, -0.15) is 0 Å². The molecule has 0 radical (unpaired) electrons. The number of ketones is 1. The van der Waals surface area contributed by atoms with Crippen LogP contribution in [0.25, 0.3) is 5.76 Å². The molecular formula is C22H27N2O4+. The number of furan rings is 1. The molecule has 0 saturated carbocycles. The molecule has 6 heteroatoms. The molecule has 2 aromatic rings. The zero-order valence-corrected chi connectivity index (χ0v) is 16.6. The fourth-order valence-corrected chi connectivity index (χ4v) is 3.60. The lowest BCUT2D eigenvalue weighted by Gasteiger charge is -2.25. The molecule has 0 unspecified atom stereocenters. The van der Waals surface area contributed by atoms with Gasteiger partial charge in [-0.25, -0.2) is 0 Å². The van der Waals surface area contributed by atoms with E-state index in [2.05, 4.69) is 13.8 Å². The van der Waals surface area contributed by atoms with Crippen molar-refractivity contribution in [3.05, 3.63) is 65.1 Å². The van der Waals surface area contributed by atoms with E-state index in [9.17, 15) is 14.7 Å². The number of aryl methyl sites for hydroxylation is 1. The highest BCUT2D eigenvalue weighted by atomic mass is 16.3. The Balaban J connectivity index is 2.03. The normalized spacial score (nSPS) is 19.0. The van der Waals surface area contributed by atoms with Crippen LogP contribution in [0.1, 0.15) is 36.8 Å². The van der Waals surface area contributed by atoms with Crippen molar-refractivity contribution < 1.29 is 24.0 Å². The van der Waals surface area contributed by atoms with Crippen LogP contribution >= 0.6 is 0 Å². The Bertz CT molecular complexity index is 864. The van der Waals surface area contributed by atoms with Crippen LogP contribution in [0.5, 0.6) is 0 Å². The molecule has 1 aromatic heterocycles. The number of hydrogen-bond acceptors (Lipinski definition) is 4. The average molecular weight is 383 g/mol. The molecule has 1 amide bonds. The maximum Gasteiger partial charge on any atom is 0.295 e. The summed E-state index contributed by atoms with van der Waals surface area (Å²) in [6, 6.07) is 9.95. The molecule has 0 bridgehead atoms. The van der Waals surface area contributed by atoms with Crippen LogP contribution < -0.4 is 4.90 Å². The Kier molecular flexibility index (Phi) is 5.99. The quantitative estimate of drug-likeness (QED) is 0.435. The van der Waals surface area contributed by atoms with Gasteiger partial charge >= 0.3 is 0 Å². The summed E-state index contributed by atoms with van der Waals surface area (Å²) >= 11 is 0. The fraction of sp³-hybridized carbons (Fsp3) is 0.364. The summed E-state index contributed by atoms with van der Waals surface area (Å²) in [4.78, 5) is 28.5. The number of carbonyl (C=O) groups excluding carboxylic acids is 2. The minimum absolute atomic E-state index is 0.0818. The number of quaternary nitrogens is 1. The first kappa shape index (κ1) is 19.9. The van der Waals surface area contributed by atoms with Crippen molar-refractivity contribution in [2.45, 2.75) is 26.8 Å². The minimum Gasteiger partial charge on any atom is -0.507 e. The van der Waals surface area contributed by atoms with Gasteiger partial charge < -0.3 is 19.3 Å². The van der Waals surface area contributed by atoms with Crippen LogP contribution in [0, 0.1) is 6.92 Å². The Morgan fingerprint density at radius 2 is 1.82 bits per heavy atom. The number of rotatable bonds is 7. The summed E-state index contributed by atoms with van der Waals surface area (Å²) in [5, 5.41) is 10.9. The molecule has 0 aliphatic carbocycles. The summed E-state index contributed by atoms with van der Waals surface area (Å²) in [5.41, 5.74) is 1.63. The van der Waals surface area contributed by atoms with Gasteiger partial charge in [0.15, 0.2) is 0 Å². The first-order chi connectivity index (χ1) is 13.5. The number of likely N-dealkylation sites (N-methyl/N-ethyl adjacent to an activating group) is 1. The van der Waals surface area contributed by atoms with Crippen LogP contribution in [0.2, 0.25) is 0 Å². The molecule has 0 spiro atoms. The molecule has 2 N–H and O–H groups in total. The number of nitrogens with zero attached hydrogens (tertiary/aromatic N) is 1. The molecule has 6 nitrogen and oxygen atoms in total. The van der Waals surface area contributed by atoms with Crippen molar-refractivity contribution in [3.63, 3.8) is 0 Å². The van der Waals surface area contributed by atoms with Gasteiger partial charge in [0, 0.05) is 5.56 Å². The number of aliphatic hydroxyl groups excluding tert-OH is 1. The molecular weight excluding hydrogens is 356 g/mol. The number of Topliss-reactive ketones (excluding diaryl/α,β-unsaturated/α-hetero) is 1. The molecule has 3 rings (SSSR count). The number of benzene rings is 1. The van der Waals surface area contributed by atoms with Crippen molar-refractivity contribution in [3.8, 4) is 0 Å². The van der Waals surface area contributed by atoms with Gasteiger partial charge in [-0.3, -0.25) is 9.59 Å². The zero-order valence-electron chi connectivity index (χ0n) is 16.6. The highest BCUT2D eigenvalue weighted by molar-refractivity contribution is 6.46. The maximum atomic E-state index is 12.8. The molecule has 2 heterocycles. The maximum absolute atomic E-state index is 12.8. The molecule has 1 saturated heterocycles. The number of likely N-dealkylation sites (tertiary alicyclic amines) is 1. The van der Waals surface area contributed by atoms with E-state index in [-0.39, 0.29) is 11.3 Å². The van der Waals surface area contributed by atoms with Gasteiger partial charge in [0.05, 0.1) is 38.0 Å². The van der Waals surface area contributed by atoms with Crippen LogP contribution in [-0.4, -0.2) is 47.9 Å². The van der Waals surface area contributed by atoms with Crippen LogP contribution in [-0.2, 0) is 9.59 Å². The van der Waals surface area contributed by atoms with Crippen LogP contribution in [0.4, 0.5) is 0 Å². The monoisotopic (exact) mass is 383 g/mol. The largest absolute Gasteiger partial charge is 0.507 e. The third-order valence-corrected chi connectivity index (χ3v) is 5.38. The van der Waals surface area contributed by atoms with E-state index in [4.69, 9.17) is 4.42 Å². The number of amides is 1. The lowest BCUT2D eigenvalue weighted by atomic mass is 9.99. The van der Waals surface area contributed by atoms with Gasteiger partial charge in [0.25, 0.3) is 11.7 Å². The minimum atomic E-state index is -0.716. The van der Waals surface area contributed by atoms with Crippen molar-refractivity contribution in [1.82, 2.24) is 4.90 Å². The molecule has 1 aromatic carbocycles. The van der Waals surface area contributed by atoms with Gasteiger partial charge in [0.2, 0.25) is 0 Å². The number of nitrogens with one attached hydrogen (secondary N) is 1. The highest BCUT2D eigenvalue weighted by Crippen LogP contribution is 2.39. The SMILES string of the molecule is CC[NH+](CC)CCN1C(=O)C(=O)C(=C(O)c2ccc(C)cc2)[C@H]1c1ccco1. The topological polar surface area (TPSA) is 75.2 Å². The van der Waals surface area contributed by atoms with E-state index in [0.717, 1.165) is 25.2 Å². The van der Waals surface area contributed by atoms with E-state index >= 15 is 0 Å². The van der Waals surface area contributed by atoms with Crippen molar-refractivity contribution >= 4 is 17.4 Å². The second-order valence-electron chi connectivity index (χ2n) is 7.08. The highest BCUT2D eigenvalue weighted by Gasteiger charge is 2.47. The summed E-state index contributed by atoms with van der Waals surface area (Å²) in [6.07, 6.45) is 1.51. The van der Waals surface area contributed by atoms with E-state index in [0.29, 0.717) is 17.9 Å². The zero-order chi connectivity index (χ0) is 20.3. The predicted octanol–water partition coefficient (Wildman–Crippen LogP) is 1.93. The first-order valence-corrected chi connectivity index (χ1v) is 9.70. The fourth-order valence-electron chi connectivity index (χ4n) is 3.60. The molecule has 1 aliphatic heterocycles. The first-order valence-electron chi connectivity index (χ1n) is 9.70. The van der Waals surface area contributed by atoms with Gasteiger partial charge in [-0.1, -0.05) is 29.8 Å². The average Bonchev–Trinajstić information content (AvgIpc) is 3.31. The summed E-state index contributed by atoms with van der Waals surface area (Å²) in [6.45, 7) is 9.15. The Labute approximate surface area is 165 Å². The van der Waals surface area contributed by atoms with Crippen molar-refractivity contribution in [2.24, 2.45) is 0 Å². The number of carbonyl (C=O) groups is 2. The Hall–Kier alpha value is -2.86. The van der Waals surface area contributed by atoms with Crippen LogP contribution in [0.3, 0.4) is 0 Å². The lowest BCUT2D eigenvalue weighted by molar-refractivity contribution is -0.895. The summed E-state index contributed by atoms with van der Waals surface area (Å²) in [7, 11) is 0. The van der Waals surface area contributed by atoms with E-state index in [1.54, 1.807) is 24.3 Å². The van der Waals surface area contributed by atoms with Crippen LogP contribution in [0.15, 0.2) is 52.7 Å². The van der Waals surface area contributed by atoms with Crippen molar-refractivity contribution in [1.29, 1.82) is 0 Å². The summed E-state index contributed by atoms with van der Waals surface area (Å²) < 4.78 is 5.54. The van der Waals surface area contributed by atoms with Gasteiger partial charge in [-0.05, 0) is 32.9 Å². The lowest BCUT2D eigenvalue weighted by Crippen LogP contribution is -3.12. The molecule has 148 valence electrons. The van der Waals surface area contributed by atoms with E-state index < -0.39 is 17.7 Å². The third-order valence-electron chi connectivity index (χ3n) is 5.38. The second kappa shape index (κ2) is 8.44. The van der Waals surface area contributed by atoms with E-state index in [1.165, 1.54) is 16.1 Å². The Morgan fingerprint density at radius 1 is 1.14 bits per heavy atom. The number of aliphatic hydroxyl groups is 1. The second-order valence-corrected chi connectivity index (χ2v) is 7.08. The summed E-state index contributed by atoms with van der Waals surface area (Å²) in [5.74, 6) is -0.963. The molecule has 1 aliphatic rings. The number of hydrogen-bond donors (Lipinski definition) is 2. The van der Waals surface area contributed by atoms with E-state index in [1.807, 2.05) is 19.1 Å². The van der Waals surface area contributed by atoms with Gasteiger partial charge in [-0.15, -0.1) is 0 Å². The molecule has 1 fully saturated rings. The predicted molar refractivity (Wildman–Crippen MR) is 106 cm³/mol. The third kappa shape index (κ3) is 3.73.